The minimum absolute atomic E-state index is 0.192. The Hall–Kier alpha value is -1.43. The quantitative estimate of drug-likeness (QED) is 0.615. The van der Waals surface area contributed by atoms with Crippen LogP contribution in [-0.4, -0.2) is 26.7 Å². The van der Waals surface area contributed by atoms with Crippen molar-refractivity contribution in [2.75, 3.05) is 0 Å². The first-order valence-electron chi connectivity index (χ1n) is 3.97. The zero-order chi connectivity index (χ0) is 9.84. The summed E-state index contributed by atoms with van der Waals surface area (Å²) in [4.78, 5) is 11.1. The number of nitrogens with one attached hydrogen (secondary N) is 1. The maximum absolute atomic E-state index is 11.1. The summed E-state index contributed by atoms with van der Waals surface area (Å²) in [6.45, 7) is 1.99. The van der Waals surface area contributed by atoms with Gasteiger partial charge in [-0.15, -0.1) is 10.2 Å². The second kappa shape index (κ2) is 3.99. The first-order valence-corrected chi connectivity index (χ1v) is 3.97. The van der Waals surface area contributed by atoms with Crippen LogP contribution < -0.4 is 11.1 Å². The minimum Gasteiger partial charge on any atom is -0.347 e. The van der Waals surface area contributed by atoms with Gasteiger partial charge in [0.05, 0.1) is 12.6 Å². The Balaban J connectivity index is 2.44. The van der Waals surface area contributed by atoms with E-state index >= 15 is 0 Å². The van der Waals surface area contributed by atoms with Crippen molar-refractivity contribution in [3.8, 4) is 0 Å². The normalized spacial score (nSPS) is 12.5. The first kappa shape index (κ1) is 9.66. The number of rotatable bonds is 3. The summed E-state index contributed by atoms with van der Waals surface area (Å²) in [5, 5.41) is 10.1. The van der Waals surface area contributed by atoms with Gasteiger partial charge < -0.3 is 15.6 Å². The fourth-order valence-electron chi connectivity index (χ4n) is 0.794. The molecule has 1 amide bonds. The Kier molecular flexibility index (Phi) is 2.97. The lowest BCUT2D eigenvalue weighted by atomic mass is 10.3. The van der Waals surface area contributed by atoms with Crippen LogP contribution in [0.15, 0.2) is 6.33 Å². The molecule has 0 fully saturated rings. The number of carbonyl (C=O) groups is 1. The van der Waals surface area contributed by atoms with Crippen molar-refractivity contribution in [1.29, 1.82) is 0 Å². The SMILES string of the molecule is CC(N)C(=O)NCc1nncn1C. The molecule has 1 unspecified atom stereocenters. The molecule has 0 aliphatic rings. The van der Waals surface area contributed by atoms with Gasteiger partial charge in [-0.2, -0.15) is 0 Å². The molecule has 1 atom stereocenters. The van der Waals surface area contributed by atoms with Crippen LogP contribution in [-0.2, 0) is 18.4 Å². The summed E-state index contributed by atoms with van der Waals surface area (Å²) in [7, 11) is 1.81. The Morgan fingerprint density at radius 1 is 1.85 bits per heavy atom. The Bertz CT molecular complexity index is 293. The van der Waals surface area contributed by atoms with Gasteiger partial charge in [-0.3, -0.25) is 4.79 Å². The van der Waals surface area contributed by atoms with Crippen molar-refractivity contribution >= 4 is 5.91 Å². The molecule has 0 saturated heterocycles. The summed E-state index contributed by atoms with van der Waals surface area (Å²) in [6.07, 6.45) is 1.58. The number of amides is 1. The summed E-state index contributed by atoms with van der Waals surface area (Å²) < 4.78 is 1.74. The van der Waals surface area contributed by atoms with E-state index in [-0.39, 0.29) is 5.91 Å². The predicted octanol–water partition coefficient (Wildman–Crippen LogP) is -1.22. The van der Waals surface area contributed by atoms with E-state index in [0.29, 0.717) is 12.4 Å². The van der Waals surface area contributed by atoms with Gasteiger partial charge in [-0.25, -0.2) is 0 Å². The van der Waals surface area contributed by atoms with Gasteiger partial charge in [0.15, 0.2) is 5.82 Å². The highest BCUT2D eigenvalue weighted by Crippen LogP contribution is 1.90. The second-order valence-corrected chi connectivity index (χ2v) is 2.86. The molecular weight excluding hydrogens is 170 g/mol. The molecule has 0 spiro atoms. The Labute approximate surface area is 76.1 Å². The minimum atomic E-state index is -0.492. The third-order valence-corrected chi connectivity index (χ3v) is 1.64. The van der Waals surface area contributed by atoms with Gasteiger partial charge in [0.2, 0.25) is 5.91 Å². The van der Waals surface area contributed by atoms with Gasteiger partial charge >= 0.3 is 0 Å². The van der Waals surface area contributed by atoms with Gasteiger partial charge in [0.25, 0.3) is 0 Å². The highest BCUT2D eigenvalue weighted by atomic mass is 16.2. The molecule has 0 radical (unpaired) electrons. The van der Waals surface area contributed by atoms with Crippen molar-refractivity contribution in [1.82, 2.24) is 20.1 Å². The molecule has 0 aliphatic heterocycles. The fraction of sp³-hybridized carbons (Fsp3) is 0.571. The number of aromatic nitrogens is 3. The lowest BCUT2D eigenvalue weighted by molar-refractivity contribution is -0.122. The van der Waals surface area contributed by atoms with Crippen molar-refractivity contribution in [3.05, 3.63) is 12.2 Å². The van der Waals surface area contributed by atoms with Gasteiger partial charge in [-0.05, 0) is 6.92 Å². The van der Waals surface area contributed by atoms with E-state index in [0.717, 1.165) is 0 Å². The highest BCUT2D eigenvalue weighted by molar-refractivity contribution is 5.80. The van der Waals surface area contributed by atoms with Gasteiger partial charge in [0, 0.05) is 7.05 Å². The molecule has 1 aromatic heterocycles. The molecule has 1 aromatic rings. The Morgan fingerprint density at radius 3 is 3.00 bits per heavy atom. The van der Waals surface area contributed by atoms with Crippen LogP contribution in [0.4, 0.5) is 0 Å². The number of aryl methyl sites for hydroxylation is 1. The number of nitrogens with two attached hydrogens (primary N) is 1. The molecule has 1 rings (SSSR count). The number of nitrogens with zero attached hydrogens (tertiary/aromatic N) is 3. The van der Waals surface area contributed by atoms with Crippen molar-refractivity contribution in [2.45, 2.75) is 19.5 Å². The average molecular weight is 183 g/mol. The summed E-state index contributed by atoms with van der Waals surface area (Å²) >= 11 is 0. The van der Waals surface area contributed by atoms with E-state index in [9.17, 15) is 4.79 Å². The van der Waals surface area contributed by atoms with Crippen molar-refractivity contribution in [2.24, 2.45) is 12.8 Å². The smallest absolute Gasteiger partial charge is 0.237 e. The van der Waals surface area contributed by atoms with Crippen LogP contribution in [0, 0.1) is 0 Å². The van der Waals surface area contributed by atoms with Crippen molar-refractivity contribution < 1.29 is 4.79 Å². The molecule has 1 heterocycles. The average Bonchev–Trinajstić information content (AvgIpc) is 2.47. The Morgan fingerprint density at radius 2 is 2.54 bits per heavy atom. The van der Waals surface area contributed by atoms with E-state index in [4.69, 9.17) is 5.73 Å². The maximum atomic E-state index is 11.1. The fourth-order valence-corrected chi connectivity index (χ4v) is 0.794. The van der Waals surface area contributed by atoms with E-state index in [1.807, 2.05) is 7.05 Å². The molecule has 13 heavy (non-hydrogen) atoms. The number of hydrogen-bond acceptors (Lipinski definition) is 4. The van der Waals surface area contributed by atoms with E-state index < -0.39 is 6.04 Å². The van der Waals surface area contributed by atoms with Crippen LogP contribution in [0.5, 0.6) is 0 Å². The molecule has 6 nitrogen and oxygen atoms in total. The molecule has 0 saturated carbocycles. The molecule has 3 N–H and O–H groups in total. The molecule has 0 aromatic carbocycles. The second-order valence-electron chi connectivity index (χ2n) is 2.86. The molecule has 0 aliphatic carbocycles. The van der Waals surface area contributed by atoms with E-state index in [1.54, 1.807) is 17.8 Å². The molecule has 0 bridgehead atoms. The largest absolute Gasteiger partial charge is 0.347 e. The first-order chi connectivity index (χ1) is 6.11. The standard InChI is InChI=1S/C7H13N5O/c1-5(8)7(13)9-3-6-11-10-4-12(6)2/h4-5H,3,8H2,1-2H3,(H,9,13). The monoisotopic (exact) mass is 183 g/mol. The van der Waals surface area contributed by atoms with E-state index in [2.05, 4.69) is 15.5 Å². The van der Waals surface area contributed by atoms with Crippen LogP contribution >= 0.6 is 0 Å². The topological polar surface area (TPSA) is 85.8 Å². The summed E-state index contributed by atoms with van der Waals surface area (Å²) in [6, 6.07) is -0.492. The van der Waals surface area contributed by atoms with Crippen LogP contribution in [0.25, 0.3) is 0 Å². The lowest BCUT2D eigenvalue weighted by Crippen LogP contribution is -2.38. The molecule has 72 valence electrons. The summed E-state index contributed by atoms with van der Waals surface area (Å²) in [5.74, 6) is 0.511. The third kappa shape index (κ3) is 2.51. The van der Waals surface area contributed by atoms with E-state index in [1.165, 1.54) is 0 Å². The molecule has 6 heteroatoms. The molecular formula is C7H13N5O. The van der Waals surface area contributed by atoms with Gasteiger partial charge in [-0.1, -0.05) is 0 Å². The third-order valence-electron chi connectivity index (χ3n) is 1.64. The maximum Gasteiger partial charge on any atom is 0.237 e. The van der Waals surface area contributed by atoms with Crippen LogP contribution in [0.1, 0.15) is 12.7 Å². The zero-order valence-corrected chi connectivity index (χ0v) is 7.69. The van der Waals surface area contributed by atoms with Crippen LogP contribution in [0.2, 0.25) is 0 Å². The zero-order valence-electron chi connectivity index (χ0n) is 7.69. The summed E-state index contributed by atoms with van der Waals surface area (Å²) in [5.41, 5.74) is 5.36. The lowest BCUT2D eigenvalue weighted by Gasteiger charge is -2.06. The predicted molar refractivity (Wildman–Crippen MR) is 46.5 cm³/mol. The van der Waals surface area contributed by atoms with Crippen molar-refractivity contribution in [3.63, 3.8) is 0 Å². The number of carbonyl (C=O) groups excluding carboxylic acids is 1. The van der Waals surface area contributed by atoms with Crippen LogP contribution in [0.3, 0.4) is 0 Å². The van der Waals surface area contributed by atoms with Gasteiger partial charge in [0.1, 0.15) is 6.33 Å². The number of hydrogen-bond donors (Lipinski definition) is 2. The highest BCUT2D eigenvalue weighted by Gasteiger charge is 2.07.